The summed E-state index contributed by atoms with van der Waals surface area (Å²) in [6, 6.07) is 16.3. The van der Waals surface area contributed by atoms with E-state index in [2.05, 4.69) is 25.7 Å². The molecule has 8 nitrogen and oxygen atoms in total. The van der Waals surface area contributed by atoms with Crippen molar-refractivity contribution >= 4 is 34.7 Å². The number of carbonyl (C=O) groups excluding carboxylic acids is 1. The summed E-state index contributed by atoms with van der Waals surface area (Å²) in [6.07, 6.45) is 0. The molecule has 1 aromatic carbocycles. The maximum absolute atomic E-state index is 12.2. The van der Waals surface area contributed by atoms with E-state index in [9.17, 15) is 4.79 Å². The fraction of sp³-hybridized carbons (Fsp3) is 0. The Labute approximate surface area is 162 Å². The molecule has 10 heteroatoms. The number of hydrogen-bond donors (Lipinski definition) is 2. The van der Waals surface area contributed by atoms with Crippen LogP contribution >= 0.6 is 23.1 Å². The van der Waals surface area contributed by atoms with Crippen molar-refractivity contribution in [3.63, 3.8) is 0 Å². The molecule has 27 heavy (non-hydrogen) atoms. The van der Waals surface area contributed by atoms with E-state index in [0.29, 0.717) is 21.7 Å². The van der Waals surface area contributed by atoms with E-state index in [4.69, 9.17) is 5.84 Å². The summed E-state index contributed by atoms with van der Waals surface area (Å²) in [5.41, 5.74) is 0.914. The van der Waals surface area contributed by atoms with E-state index in [1.54, 1.807) is 24.3 Å². The van der Waals surface area contributed by atoms with Crippen LogP contribution < -0.4 is 11.2 Å². The average Bonchev–Trinajstić information content (AvgIpc) is 3.34. The van der Waals surface area contributed by atoms with Gasteiger partial charge in [-0.25, -0.2) is 4.68 Å². The number of amides is 1. The van der Waals surface area contributed by atoms with Gasteiger partial charge in [-0.05, 0) is 47.5 Å². The number of carbonyl (C=O) groups is 1. The highest BCUT2D eigenvalue weighted by atomic mass is 32.2. The van der Waals surface area contributed by atoms with E-state index in [1.165, 1.54) is 27.8 Å². The molecule has 134 valence electrons. The molecule has 0 atom stereocenters. The topological polar surface area (TPSA) is 112 Å². The Balaban J connectivity index is 1.46. The molecular weight excluding hydrogens is 382 g/mol. The maximum Gasteiger partial charge on any atom is 0.276 e. The van der Waals surface area contributed by atoms with Gasteiger partial charge in [0, 0.05) is 5.69 Å². The van der Waals surface area contributed by atoms with Gasteiger partial charge < -0.3 is 11.2 Å². The lowest BCUT2D eigenvalue weighted by atomic mass is 10.3. The van der Waals surface area contributed by atoms with Gasteiger partial charge in [-0.3, -0.25) is 4.79 Å². The summed E-state index contributed by atoms with van der Waals surface area (Å²) in [5.74, 6) is 6.33. The second-order valence-electron chi connectivity index (χ2n) is 5.33. The van der Waals surface area contributed by atoms with E-state index in [1.807, 2.05) is 35.7 Å². The SMILES string of the molecule is Nn1c(Sc2ccc(C(=O)Nc3ccccc3)nn2)nnc1-c1cccs1. The molecule has 0 saturated heterocycles. The Bertz CT molecular complexity index is 1050. The minimum Gasteiger partial charge on any atom is -0.335 e. The van der Waals surface area contributed by atoms with Crippen molar-refractivity contribution in [1.82, 2.24) is 25.1 Å². The van der Waals surface area contributed by atoms with Gasteiger partial charge in [0.05, 0.1) is 4.88 Å². The molecule has 0 unspecified atom stereocenters. The Morgan fingerprint density at radius 1 is 1.00 bits per heavy atom. The smallest absolute Gasteiger partial charge is 0.276 e. The summed E-state index contributed by atoms with van der Waals surface area (Å²) in [7, 11) is 0. The van der Waals surface area contributed by atoms with Crippen LogP contribution in [0.15, 0.2) is 70.2 Å². The van der Waals surface area contributed by atoms with Crippen LogP contribution in [0.1, 0.15) is 10.5 Å². The van der Waals surface area contributed by atoms with Crippen LogP contribution in [0.2, 0.25) is 0 Å². The predicted octanol–water partition coefficient (Wildman–Crippen LogP) is 2.91. The summed E-state index contributed by atoms with van der Waals surface area (Å²) in [5, 5.41) is 22.0. The lowest BCUT2D eigenvalue weighted by molar-refractivity contribution is 0.102. The van der Waals surface area contributed by atoms with Crippen LogP contribution in [0.25, 0.3) is 10.7 Å². The summed E-state index contributed by atoms with van der Waals surface area (Å²) >= 11 is 2.75. The molecule has 3 N–H and O–H groups in total. The molecule has 3 heterocycles. The van der Waals surface area contributed by atoms with E-state index < -0.39 is 0 Å². The normalized spacial score (nSPS) is 10.7. The minimum atomic E-state index is -0.327. The van der Waals surface area contributed by atoms with Crippen molar-refractivity contribution in [2.75, 3.05) is 11.2 Å². The standard InChI is InChI=1S/C17H13N7OS2/c18-24-15(13-7-4-10-26-13)22-23-17(24)27-14-9-8-12(20-21-14)16(25)19-11-5-2-1-3-6-11/h1-10H,18H2,(H,19,25). The number of nitrogen functional groups attached to an aromatic ring is 1. The van der Waals surface area contributed by atoms with E-state index in [0.717, 1.165) is 4.88 Å². The number of nitrogens with one attached hydrogen (secondary N) is 1. The number of nitrogens with zero attached hydrogens (tertiary/aromatic N) is 5. The van der Waals surface area contributed by atoms with Crippen LogP contribution in [0.3, 0.4) is 0 Å². The fourth-order valence-corrected chi connectivity index (χ4v) is 3.60. The van der Waals surface area contributed by atoms with Crippen molar-refractivity contribution in [3.05, 3.63) is 65.7 Å². The Morgan fingerprint density at radius 2 is 1.85 bits per heavy atom. The monoisotopic (exact) mass is 395 g/mol. The van der Waals surface area contributed by atoms with Crippen LogP contribution in [0.4, 0.5) is 5.69 Å². The number of aromatic nitrogens is 5. The Morgan fingerprint density at radius 3 is 2.56 bits per heavy atom. The zero-order valence-corrected chi connectivity index (χ0v) is 15.4. The number of anilines is 1. The Kier molecular flexibility index (Phi) is 4.81. The third-order valence-electron chi connectivity index (χ3n) is 3.51. The molecule has 0 saturated carbocycles. The highest BCUT2D eigenvalue weighted by Gasteiger charge is 2.15. The highest BCUT2D eigenvalue weighted by Crippen LogP contribution is 2.28. The van der Waals surface area contributed by atoms with Crippen molar-refractivity contribution in [2.24, 2.45) is 0 Å². The molecular formula is C17H13N7OS2. The zero-order valence-electron chi connectivity index (χ0n) is 13.8. The second-order valence-corrected chi connectivity index (χ2v) is 7.27. The molecule has 0 spiro atoms. The first kappa shape index (κ1) is 17.2. The first-order valence-electron chi connectivity index (χ1n) is 7.83. The van der Waals surface area contributed by atoms with Gasteiger partial charge >= 0.3 is 0 Å². The van der Waals surface area contributed by atoms with Crippen LogP contribution in [-0.2, 0) is 0 Å². The maximum atomic E-state index is 12.2. The lowest BCUT2D eigenvalue weighted by Gasteiger charge is -2.04. The first-order valence-corrected chi connectivity index (χ1v) is 9.52. The average molecular weight is 395 g/mol. The first-order chi connectivity index (χ1) is 13.2. The van der Waals surface area contributed by atoms with Crippen LogP contribution in [-0.4, -0.2) is 31.0 Å². The third-order valence-corrected chi connectivity index (χ3v) is 5.26. The number of nitrogens with two attached hydrogens (primary N) is 1. The van der Waals surface area contributed by atoms with Gasteiger partial charge in [0.1, 0.15) is 5.03 Å². The number of hydrogen-bond acceptors (Lipinski definition) is 8. The number of rotatable bonds is 5. The molecule has 0 radical (unpaired) electrons. The molecule has 1 amide bonds. The minimum absolute atomic E-state index is 0.219. The number of para-hydroxylation sites is 1. The summed E-state index contributed by atoms with van der Waals surface area (Å²) in [6.45, 7) is 0. The molecule has 0 aliphatic rings. The van der Waals surface area contributed by atoms with Gasteiger partial charge in [-0.1, -0.05) is 24.3 Å². The van der Waals surface area contributed by atoms with Gasteiger partial charge in [0.2, 0.25) is 5.16 Å². The van der Waals surface area contributed by atoms with Crippen molar-refractivity contribution in [2.45, 2.75) is 10.2 Å². The summed E-state index contributed by atoms with van der Waals surface area (Å²) in [4.78, 5) is 13.1. The largest absolute Gasteiger partial charge is 0.335 e. The third kappa shape index (κ3) is 3.81. The Hall–Kier alpha value is -3.24. The van der Waals surface area contributed by atoms with E-state index >= 15 is 0 Å². The molecule has 3 aromatic heterocycles. The fourth-order valence-electron chi connectivity index (χ4n) is 2.23. The number of thiophene rings is 1. The summed E-state index contributed by atoms with van der Waals surface area (Å²) < 4.78 is 1.41. The van der Waals surface area contributed by atoms with Gasteiger partial charge in [0.15, 0.2) is 11.5 Å². The van der Waals surface area contributed by atoms with Gasteiger partial charge in [-0.2, -0.15) is 0 Å². The van der Waals surface area contributed by atoms with Crippen LogP contribution in [0.5, 0.6) is 0 Å². The lowest BCUT2D eigenvalue weighted by Crippen LogP contribution is -2.14. The molecule has 0 fully saturated rings. The molecule has 4 aromatic rings. The number of benzene rings is 1. The van der Waals surface area contributed by atoms with E-state index in [-0.39, 0.29) is 11.6 Å². The quantitative estimate of drug-likeness (QED) is 0.500. The molecule has 0 aliphatic carbocycles. The van der Waals surface area contributed by atoms with Crippen molar-refractivity contribution < 1.29 is 4.79 Å². The predicted molar refractivity (Wildman–Crippen MR) is 104 cm³/mol. The molecule has 0 aliphatic heterocycles. The van der Waals surface area contributed by atoms with Crippen molar-refractivity contribution in [3.8, 4) is 10.7 Å². The highest BCUT2D eigenvalue weighted by molar-refractivity contribution is 7.99. The second kappa shape index (κ2) is 7.56. The molecule has 4 rings (SSSR count). The molecule has 0 bridgehead atoms. The zero-order chi connectivity index (χ0) is 18.6. The van der Waals surface area contributed by atoms with Crippen molar-refractivity contribution in [1.29, 1.82) is 0 Å². The van der Waals surface area contributed by atoms with Gasteiger partial charge in [-0.15, -0.1) is 31.7 Å². The van der Waals surface area contributed by atoms with Gasteiger partial charge in [0.25, 0.3) is 5.91 Å². The van der Waals surface area contributed by atoms with Crippen LogP contribution in [0, 0.1) is 0 Å².